The zero-order valence-electron chi connectivity index (χ0n) is 15.1. The van der Waals surface area contributed by atoms with E-state index >= 15 is 0 Å². The SMILES string of the molecule is Cc1nc2ccccc2n1CCNc1nn2cc(-c3ccc(F)cc3)nc2s1. The fraction of sp³-hybridized carbons (Fsp3) is 0.150. The van der Waals surface area contributed by atoms with E-state index in [1.807, 2.05) is 31.3 Å². The van der Waals surface area contributed by atoms with E-state index in [1.54, 1.807) is 16.6 Å². The summed E-state index contributed by atoms with van der Waals surface area (Å²) in [5.41, 5.74) is 3.81. The van der Waals surface area contributed by atoms with Crippen molar-refractivity contribution in [2.75, 3.05) is 11.9 Å². The maximum atomic E-state index is 13.1. The first-order chi connectivity index (χ1) is 13.7. The Labute approximate surface area is 164 Å². The molecule has 0 unspecified atom stereocenters. The number of hydrogen-bond donors (Lipinski definition) is 1. The van der Waals surface area contributed by atoms with E-state index in [2.05, 4.69) is 31.0 Å². The van der Waals surface area contributed by atoms with Crippen LogP contribution in [0, 0.1) is 12.7 Å². The molecule has 2 aromatic carbocycles. The number of benzene rings is 2. The Morgan fingerprint density at radius 3 is 2.71 bits per heavy atom. The molecule has 0 saturated heterocycles. The summed E-state index contributed by atoms with van der Waals surface area (Å²) in [6.45, 7) is 3.56. The van der Waals surface area contributed by atoms with Crippen LogP contribution in [0.2, 0.25) is 0 Å². The first kappa shape index (κ1) is 16.9. The van der Waals surface area contributed by atoms with Crippen molar-refractivity contribution >= 4 is 32.5 Å². The molecule has 140 valence electrons. The summed E-state index contributed by atoms with van der Waals surface area (Å²) in [6, 6.07) is 14.5. The summed E-state index contributed by atoms with van der Waals surface area (Å²) in [7, 11) is 0. The molecule has 0 fully saturated rings. The second-order valence-electron chi connectivity index (χ2n) is 6.49. The van der Waals surface area contributed by atoms with Crippen LogP contribution >= 0.6 is 11.3 Å². The lowest BCUT2D eigenvalue weighted by molar-refractivity contribution is 0.628. The van der Waals surface area contributed by atoms with Crippen LogP contribution in [0.25, 0.3) is 27.3 Å². The molecule has 6 nitrogen and oxygen atoms in total. The van der Waals surface area contributed by atoms with Gasteiger partial charge in [0, 0.05) is 18.7 Å². The van der Waals surface area contributed by atoms with Gasteiger partial charge in [-0.05, 0) is 43.3 Å². The van der Waals surface area contributed by atoms with Gasteiger partial charge in [-0.25, -0.2) is 18.9 Å². The standard InChI is InChI=1S/C20H17FN6S/c1-13-23-16-4-2-3-5-18(16)26(13)11-10-22-19-25-27-12-17(24-20(27)28-19)14-6-8-15(21)9-7-14/h2-9,12H,10-11H2,1H3,(H,22,25). The third-order valence-corrected chi connectivity index (χ3v) is 5.52. The largest absolute Gasteiger partial charge is 0.358 e. The first-order valence-electron chi connectivity index (χ1n) is 8.95. The number of para-hydroxylation sites is 2. The molecule has 0 spiro atoms. The second-order valence-corrected chi connectivity index (χ2v) is 7.45. The van der Waals surface area contributed by atoms with Crippen LogP contribution in [0.3, 0.4) is 0 Å². The number of fused-ring (bicyclic) bond motifs is 2. The monoisotopic (exact) mass is 392 g/mol. The minimum absolute atomic E-state index is 0.254. The molecule has 0 aliphatic carbocycles. The van der Waals surface area contributed by atoms with Crippen LogP contribution in [0.1, 0.15) is 5.82 Å². The Balaban J connectivity index is 1.30. The van der Waals surface area contributed by atoms with Crippen molar-refractivity contribution in [2.45, 2.75) is 13.5 Å². The molecular formula is C20H17FN6S. The van der Waals surface area contributed by atoms with Crippen molar-refractivity contribution in [3.05, 3.63) is 66.4 Å². The van der Waals surface area contributed by atoms with Crippen LogP contribution in [0.15, 0.2) is 54.7 Å². The van der Waals surface area contributed by atoms with Gasteiger partial charge < -0.3 is 9.88 Å². The van der Waals surface area contributed by atoms with Crippen LogP contribution in [0.4, 0.5) is 9.52 Å². The zero-order valence-corrected chi connectivity index (χ0v) is 15.9. The maximum Gasteiger partial charge on any atom is 0.214 e. The van der Waals surface area contributed by atoms with E-state index in [0.717, 1.165) is 51.3 Å². The van der Waals surface area contributed by atoms with Crippen LogP contribution in [0.5, 0.6) is 0 Å². The minimum Gasteiger partial charge on any atom is -0.358 e. The third kappa shape index (κ3) is 3.01. The maximum absolute atomic E-state index is 13.1. The van der Waals surface area contributed by atoms with Gasteiger partial charge in [0.2, 0.25) is 10.1 Å². The lowest BCUT2D eigenvalue weighted by atomic mass is 10.2. The molecule has 0 atom stereocenters. The van der Waals surface area contributed by atoms with Crippen molar-refractivity contribution < 1.29 is 4.39 Å². The molecule has 5 aromatic rings. The predicted molar refractivity (Wildman–Crippen MR) is 109 cm³/mol. The fourth-order valence-electron chi connectivity index (χ4n) is 3.28. The molecule has 0 bridgehead atoms. The molecule has 28 heavy (non-hydrogen) atoms. The number of rotatable bonds is 5. The fourth-order valence-corrected chi connectivity index (χ4v) is 4.09. The van der Waals surface area contributed by atoms with Gasteiger partial charge in [0.1, 0.15) is 11.6 Å². The number of halogens is 1. The lowest BCUT2D eigenvalue weighted by Gasteiger charge is -2.07. The molecule has 0 radical (unpaired) electrons. The minimum atomic E-state index is -0.254. The van der Waals surface area contributed by atoms with E-state index in [4.69, 9.17) is 0 Å². The van der Waals surface area contributed by atoms with Gasteiger partial charge in [0.15, 0.2) is 0 Å². The Bertz CT molecular complexity index is 1240. The van der Waals surface area contributed by atoms with E-state index in [0.29, 0.717) is 0 Å². The lowest BCUT2D eigenvalue weighted by Crippen LogP contribution is -2.11. The predicted octanol–water partition coefficient (Wildman–Crippen LogP) is 4.37. The highest BCUT2D eigenvalue weighted by Crippen LogP contribution is 2.24. The summed E-state index contributed by atoms with van der Waals surface area (Å²) in [4.78, 5) is 9.98. The number of aryl methyl sites for hydroxylation is 1. The third-order valence-electron chi connectivity index (χ3n) is 4.64. The number of aromatic nitrogens is 5. The molecule has 0 amide bonds. The van der Waals surface area contributed by atoms with E-state index in [9.17, 15) is 4.39 Å². The Morgan fingerprint density at radius 1 is 1.07 bits per heavy atom. The van der Waals surface area contributed by atoms with Crippen LogP contribution in [-0.2, 0) is 6.54 Å². The van der Waals surface area contributed by atoms with E-state index < -0.39 is 0 Å². The number of nitrogens with one attached hydrogen (secondary N) is 1. The smallest absolute Gasteiger partial charge is 0.214 e. The van der Waals surface area contributed by atoms with E-state index in [1.165, 1.54) is 23.5 Å². The van der Waals surface area contributed by atoms with Crippen molar-refractivity contribution in [3.63, 3.8) is 0 Å². The number of hydrogen-bond acceptors (Lipinski definition) is 5. The van der Waals surface area contributed by atoms with Crippen LogP contribution in [-0.4, -0.2) is 30.7 Å². The van der Waals surface area contributed by atoms with Crippen molar-refractivity contribution in [1.82, 2.24) is 24.1 Å². The Hall–Kier alpha value is -3.26. The molecule has 8 heteroatoms. The Kier molecular flexibility index (Phi) is 4.05. The van der Waals surface area contributed by atoms with Gasteiger partial charge in [-0.2, -0.15) is 0 Å². The summed E-state index contributed by atoms with van der Waals surface area (Å²) in [6.07, 6.45) is 1.86. The number of anilines is 1. The number of nitrogens with zero attached hydrogens (tertiary/aromatic N) is 5. The number of imidazole rings is 2. The molecular weight excluding hydrogens is 375 g/mol. The van der Waals surface area contributed by atoms with Gasteiger partial charge in [-0.1, -0.05) is 23.5 Å². The van der Waals surface area contributed by atoms with E-state index in [-0.39, 0.29) is 5.82 Å². The van der Waals surface area contributed by atoms with Gasteiger partial charge in [0.25, 0.3) is 0 Å². The van der Waals surface area contributed by atoms with Crippen molar-refractivity contribution in [2.24, 2.45) is 0 Å². The molecule has 0 saturated carbocycles. The van der Waals surface area contributed by atoms with Crippen molar-refractivity contribution in [3.8, 4) is 11.3 Å². The average molecular weight is 392 g/mol. The molecule has 5 rings (SSSR count). The quantitative estimate of drug-likeness (QED) is 0.483. The van der Waals surface area contributed by atoms with Crippen LogP contribution < -0.4 is 5.32 Å². The topological polar surface area (TPSA) is 60.0 Å². The summed E-state index contributed by atoms with van der Waals surface area (Å²) < 4.78 is 17.0. The highest BCUT2D eigenvalue weighted by atomic mass is 32.1. The summed E-state index contributed by atoms with van der Waals surface area (Å²) >= 11 is 1.49. The second kappa shape index (κ2) is 6.72. The molecule has 0 aliphatic rings. The zero-order chi connectivity index (χ0) is 19.1. The average Bonchev–Trinajstić information content (AvgIpc) is 3.34. The Morgan fingerprint density at radius 2 is 1.89 bits per heavy atom. The van der Waals surface area contributed by atoms with Crippen molar-refractivity contribution in [1.29, 1.82) is 0 Å². The normalized spacial score (nSPS) is 11.5. The van der Waals surface area contributed by atoms with Gasteiger partial charge >= 0.3 is 0 Å². The first-order valence-corrected chi connectivity index (χ1v) is 9.77. The summed E-state index contributed by atoms with van der Waals surface area (Å²) in [5.74, 6) is 0.746. The summed E-state index contributed by atoms with van der Waals surface area (Å²) in [5, 5.41) is 8.72. The van der Waals surface area contributed by atoms with Gasteiger partial charge in [-0.15, -0.1) is 5.10 Å². The molecule has 1 N–H and O–H groups in total. The highest BCUT2D eigenvalue weighted by molar-refractivity contribution is 7.20. The molecule has 3 heterocycles. The van der Waals surface area contributed by atoms with Gasteiger partial charge in [-0.3, -0.25) is 0 Å². The highest BCUT2D eigenvalue weighted by Gasteiger charge is 2.10. The molecule has 3 aromatic heterocycles. The molecule has 0 aliphatic heterocycles. The van der Waals surface area contributed by atoms with Gasteiger partial charge in [0.05, 0.1) is 22.9 Å².